The molecule has 0 saturated heterocycles. The highest BCUT2D eigenvalue weighted by molar-refractivity contribution is 6.30. The van der Waals surface area contributed by atoms with Gasteiger partial charge in [-0.25, -0.2) is 9.37 Å². The van der Waals surface area contributed by atoms with Gasteiger partial charge < -0.3 is 4.98 Å². The second-order valence-electron chi connectivity index (χ2n) is 2.90. The van der Waals surface area contributed by atoms with Crippen LogP contribution in [-0.4, -0.2) is 9.97 Å². The maximum absolute atomic E-state index is 13.1. The maximum Gasteiger partial charge on any atom is 0.274 e. The molecule has 0 atom stereocenters. The normalized spacial score (nSPS) is 10.3. The second-order valence-corrected chi connectivity index (χ2v) is 3.30. The number of halogens is 2. The Morgan fingerprint density at radius 1 is 1.40 bits per heavy atom. The third-order valence-corrected chi connectivity index (χ3v) is 2.21. The lowest BCUT2D eigenvalue weighted by molar-refractivity contribution is 0.628. The zero-order valence-electron chi connectivity index (χ0n) is 7.50. The van der Waals surface area contributed by atoms with E-state index in [0.29, 0.717) is 5.56 Å². The van der Waals surface area contributed by atoms with Crippen molar-refractivity contribution in [1.82, 2.24) is 9.97 Å². The Morgan fingerprint density at radius 2 is 2.20 bits per heavy atom. The van der Waals surface area contributed by atoms with Crippen molar-refractivity contribution < 1.29 is 4.39 Å². The number of hydrogen-bond acceptors (Lipinski definition) is 2. The first-order chi connectivity index (χ1) is 7.18. The Morgan fingerprint density at radius 3 is 2.87 bits per heavy atom. The fourth-order valence-electron chi connectivity index (χ4n) is 1.20. The summed E-state index contributed by atoms with van der Waals surface area (Å²) in [6.45, 7) is 0. The Balaban J connectivity index is 2.60. The van der Waals surface area contributed by atoms with Crippen molar-refractivity contribution in [3.05, 3.63) is 51.8 Å². The molecule has 76 valence electrons. The largest absolute Gasteiger partial charge is 0.326 e. The van der Waals surface area contributed by atoms with E-state index in [1.165, 1.54) is 24.5 Å². The highest BCUT2D eigenvalue weighted by atomic mass is 35.5. The lowest BCUT2D eigenvalue weighted by Gasteiger charge is -2.00. The summed E-state index contributed by atoms with van der Waals surface area (Å²) in [5, 5.41) is 0.0195. The van der Waals surface area contributed by atoms with E-state index in [-0.39, 0.29) is 16.3 Å². The number of H-pyrrole nitrogens is 1. The summed E-state index contributed by atoms with van der Waals surface area (Å²) in [5.41, 5.74) is 0.214. The molecule has 2 aromatic rings. The van der Waals surface area contributed by atoms with E-state index in [1.807, 2.05) is 0 Å². The molecule has 2 rings (SSSR count). The summed E-state index contributed by atoms with van der Waals surface area (Å²) >= 11 is 5.53. The van der Waals surface area contributed by atoms with Gasteiger partial charge in [-0.05, 0) is 12.1 Å². The minimum Gasteiger partial charge on any atom is -0.326 e. The number of aromatic nitrogens is 2. The van der Waals surface area contributed by atoms with Gasteiger partial charge in [0.15, 0.2) is 0 Å². The van der Waals surface area contributed by atoms with Gasteiger partial charge in [0.05, 0.1) is 5.02 Å². The van der Waals surface area contributed by atoms with E-state index in [0.717, 1.165) is 0 Å². The van der Waals surface area contributed by atoms with Gasteiger partial charge in [-0.2, -0.15) is 0 Å². The van der Waals surface area contributed by atoms with Crippen LogP contribution in [0.15, 0.2) is 35.4 Å². The van der Waals surface area contributed by atoms with Gasteiger partial charge in [-0.3, -0.25) is 4.79 Å². The molecule has 1 aromatic carbocycles. The van der Waals surface area contributed by atoms with Crippen LogP contribution in [0.25, 0.3) is 11.3 Å². The molecule has 0 spiro atoms. The fraction of sp³-hybridized carbons (Fsp3) is 0. The summed E-state index contributed by atoms with van der Waals surface area (Å²) in [4.78, 5) is 17.7. The van der Waals surface area contributed by atoms with Crippen LogP contribution >= 0.6 is 11.6 Å². The van der Waals surface area contributed by atoms with E-state index >= 15 is 0 Å². The highest BCUT2D eigenvalue weighted by Gasteiger charge is 2.06. The SMILES string of the molecule is O=c1[nH]ccnc1-c1ccc(Cl)c(F)c1. The molecule has 0 saturated carbocycles. The first-order valence-corrected chi connectivity index (χ1v) is 4.55. The van der Waals surface area contributed by atoms with Gasteiger partial charge in [-0.1, -0.05) is 17.7 Å². The molecule has 0 aliphatic heterocycles. The summed E-state index contributed by atoms with van der Waals surface area (Å²) in [6, 6.07) is 4.11. The average molecular weight is 225 g/mol. The van der Waals surface area contributed by atoms with Crippen molar-refractivity contribution in [2.24, 2.45) is 0 Å². The van der Waals surface area contributed by atoms with E-state index in [2.05, 4.69) is 9.97 Å². The summed E-state index contributed by atoms with van der Waals surface area (Å²) in [7, 11) is 0. The lowest BCUT2D eigenvalue weighted by atomic mass is 10.1. The Kier molecular flexibility index (Phi) is 2.51. The molecule has 0 aliphatic rings. The molecule has 0 radical (unpaired) electrons. The maximum atomic E-state index is 13.1. The quantitative estimate of drug-likeness (QED) is 0.808. The molecular formula is C10H6ClFN2O. The smallest absolute Gasteiger partial charge is 0.274 e. The van der Waals surface area contributed by atoms with Gasteiger partial charge in [0.1, 0.15) is 11.5 Å². The van der Waals surface area contributed by atoms with Crippen LogP contribution in [0.3, 0.4) is 0 Å². The zero-order chi connectivity index (χ0) is 10.8. The third-order valence-electron chi connectivity index (χ3n) is 1.90. The molecular weight excluding hydrogens is 219 g/mol. The highest BCUT2D eigenvalue weighted by Crippen LogP contribution is 2.20. The topological polar surface area (TPSA) is 45.8 Å². The van der Waals surface area contributed by atoms with Crippen LogP contribution in [0.1, 0.15) is 0 Å². The van der Waals surface area contributed by atoms with E-state index < -0.39 is 5.82 Å². The molecule has 1 heterocycles. The first-order valence-electron chi connectivity index (χ1n) is 4.17. The van der Waals surface area contributed by atoms with E-state index in [1.54, 1.807) is 6.07 Å². The molecule has 0 unspecified atom stereocenters. The predicted molar refractivity (Wildman–Crippen MR) is 55.3 cm³/mol. The molecule has 0 fully saturated rings. The van der Waals surface area contributed by atoms with Crippen molar-refractivity contribution in [1.29, 1.82) is 0 Å². The average Bonchev–Trinajstić information content (AvgIpc) is 2.23. The predicted octanol–water partition coefficient (Wildman–Crippen LogP) is 2.23. The summed E-state index contributed by atoms with van der Waals surface area (Å²) in [6.07, 6.45) is 2.85. The van der Waals surface area contributed by atoms with Gasteiger partial charge in [0.25, 0.3) is 5.56 Å². The van der Waals surface area contributed by atoms with Gasteiger partial charge >= 0.3 is 0 Å². The molecule has 1 N–H and O–H groups in total. The standard InChI is InChI=1S/C10H6ClFN2O/c11-7-2-1-6(5-8(7)12)9-10(15)14-4-3-13-9/h1-5H,(H,14,15). The van der Waals surface area contributed by atoms with Crippen molar-refractivity contribution in [3.63, 3.8) is 0 Å². The van der Waals surface area contributed by atoms with E-state index in [9.17, 15) is 9.18 Å². The van der Waals surface area contributed by atoms with Crippen LogP contribution in [0.2, 0.25) is 5.02 Å². The molecule has 3 nitrogen and oxygen atoms in total. The molecule has 0 aliphatic carbocycles. The number of nitrogens with zero attached hydrogens (tertiary/aromatic N) is 1. The number of rotatable bonds is 1. The molecule has 1 aromatic heterocycles. The monoisotopic (exact) mass is 224 g/mol. The Bertz CT molecular complexity index is 553. The van der Waals surface area contributed by atoms with E-state index in [4.69, 9.17) is 11.6 Å². The summed E-state index contributed by atoms with van der Waals surface area (Å²) < 4.78 is 13.1. The van der Waals surface area contributed by atoms with Crippen LogP contribution in [0, 0.1) is 5.82 Å². The molecule has 15 heavy (non-hydrogen) atoms. The van der Waals surface area contributed by atoms with Crippen LogP contribution < -0.4 is 5.56 Å². The number of nitrogens with one attached hydrogen (secondary N) is 1. The van der Waals surface area contributed by atoms with Crippen molar-refractivity contribution in [2.45, 2.75) is 0 Å². The Labute approximate surface area is 89.6 Å². The van der Waals surface area contributed by atoms with Gasteiger partial charge in [0.2, 0.25) is 0 Å². The van der Waals surface area contributed by atoms with Crippen LogP contribution in [0.5, 0.6) is 0 Å². The van der Waals surface area contributed by atoms with Crippen molar-refractivity contribution in [2.75, 3.05) is 0 Å². The Hall–Kier alpha value is -1.68. The molecule has 5 heteroatoms. The second kappa shape index (κ2) is 3.82. The zero-order valence-corrected chi connectivity index (χ0v) is 8.25. The summed E-state index contributed by atoms with van der Waals surface area (Å²) in [5.74, 6) is -0.570. The van der Waals surface area contributed by atoms with Crippen molar-refractivity contribution >= 4 is 11.6 Å². The number of benzene rings is 1. The fourth-order valence-corrected chi connectivity index (χ4v) is 1.32. The van der Waals surface area contributed by atoms with Crippen molar-refractivity contribution in [3.8, 4) is 11.3 Å². The van der Waals surface area contributed by atoms with Gasteiger partial charge in [-0.15, -0.1) is 0 Å². The molecule has 0 bridgehead atoms. The third kappa shape index (κ3) is 1.89. The minimum absolute atomic E-state index is 0.0195. The van der Waals surface area contributed by atoms with Crippen LogP contribution in [0.4, 0.5) is 4.39 Å². The lowest BCUT2D eigenvalue weighted by Crippen LogP contribution is -2.09. The van der Waals surface area contributed by atoms with Crippen LogP contribution in [-0.2, 0) is 0 Å². The first kappa shape index (κ1) is 9.86. The number of hydrogen-bond donors (Lipinski definition) is 1. The molecule has 0 amide bonds. The van der Waals surface area contributed by atoms with Gasteiger partial charge in [0, 0.05) is 18.0 Å². The minimum atomic E-state index is -0.570. The number of aromatic amines is 1.